The number of nitrogens with one attached hydrogen (secondary N) is 1. The van der Waals surface area contributed by atoms with Gasteiger partial charge in [-0.2, -0.15) is 0 Å². The van der Waals surface area contributed by atoms with Crippen molar-refractivity contribution in [2.24, 2.45) is 0 Å². The van der Waals surface area contributed by atoms with Crippen LogP contribution in [0.2, 0.25) is 0 Å². The van der Waals surface area contributed by atoms with Crippen LogP contribution in [0.4, 0.5) is 14.5 Å². The first-order chi connectivity index (χ1) is 13.9. The lowest BCUT2D eigenvalue weighted by Crippen LogP contribution is -2.26. The Kier molecular flexibility index (Phi) is 6.19. The normalized spacial score (nSPS) is 13.0. The lowest BCUT2D eigenvalue weighted by atomic mass is 9.96. The van der Waals surface area contributed by atoms with E-state index < -0.39 is 22.6 Å². The van der Waals surface area contributed by atoms with Crippen molar-refractivity contribution in [2.75, 3.05) is 7.11 Å². The van der Waals surface area contributed by atoms with E-state index in [1.165, 1.54) is 18.2 Å². The van der Waals surface area contributed by atoms with Gasteiger partial charge < -0.3 is 4.74 Å². The Bertz CT molecular complexity index is 1010. The molecule has 1 N–H and O–H groups in total. The summed E-state index contributed by atoms with van der Waals surface area (Å²) in [5.74, 6) is -1.15. The Hall–Kier alpha value is -3.32. The van der Waals surface area contributed by atoms with Gasteiger partial charge in [0.15, 0.2) is 11.6 Å². The third kappa shape index (κ3) is 4.75. The molecule has 0 saturated carbocycles. The van der Waals surface area contributed by atoms with Gasteiger partial charge in [0.05, 0.1) is 18.1 Å². The summed E-state index contributed by atoms with van der Waals surface area (Å²) in [5, 5.41) is 14.6. The Morgan fingerprint density at radius 3 is 2.24 bits per heavy atom. The first-order valence-electron chi connectivity index (χ1n) is 8.98. The number of methoxy groups -OCH3 is 1. The van der Waals surface area contributed by atoms with Gasteiger partial charge in [0.1, 0.15) is 5.75 Å². The minimum Gasteiger partial charge on any atom is -0.497 e. The lowest BCUT2D eigenvalue weighted by Gasteiger charge is -2.25. The van der Waals surface area contributed by atoms with E-state index in [0.29, 0.717) is 16.9 Å². The van der Waals surface area contributed by atoms with Crippen molar-refractivity contribution in [2.45, 2.75) is 19.0 Å². The molecule has 3 aromatic rings. The van der Waals surface area contributed by atoms with Crippen LogP contribution in [0.25, 0.3) is 0 Å². The van der Waals surface area contributed by atoms with Crippen LogP contribution in [0.3, 0.4) is 0 Å². The molecule has 29 heavy (non-hydrogen) atoms. The second-order valence-electron chi connectivity index (χ2n) is 6.62. The van der Waals surface area contributed by atoms with Gasteiger partial charge in [0, 0.05) is 18.2 Å². The summed E-state index contributed by atoms with van der Waals surface area (Å²) in [6.07, 6.45) is 0. The third-order valence-corrected chi connectivity index (χ3v) is 4.72. The van der Waals surface area contributed by atoms with E-state index in [-0.39, 0.29) is 11.7 Å². The van der Waals surface area contributed by atoms with E-state index >= 15 is 0 Å². The molecule has 0 aromatic heterocycles. The zero-order valence-electron chi connectivity index (χ0n) is 15.9. The van der Waals surface area contributed by atoms with Crippen LogP contribution in [-0.4, -0.2) is 12.0 Å². The number of ether oxygens (including phenoxy) is 1. The maximum absolute atomic E-state index is 13.7. The molecular weight excluding hydrogens is 378 g/mol. The van der Waals surface area contributed by atoms with Gasteiger partial charge >= 0.3 is 0 Å². The van der Waals surface area contributed by atoms with Gasteiger partial charge in [0.25, 0.3) is 5.69 Å². The Balaban J connectivity index is 1.98. The molecule has 0 bridgehead atoms. The highest BCUT2D eigenvalue weighted by molar-refractivity contribution is 5.41. The molecule has 0 fully saturated rings. The minimum absolute atomic E-state index is 0.0247. The summed E-state index contributed by atoms with van der Waals surface area (Å²) < 4.78 is 32.1. The maximum Gasteiger partial charge on any atom is 0.269 e. The van der Waals surface area contributed by atoms with Gasteiger partial charge in [0.2, 0.25) is 0 Å². The van der Waals surface area contributed by atoms with Crippen molar-refractivity contribution < 1.29 is 18.4 Å². The zero-order valence-corrected chi connectivity index (χ0v) is 15.9. The highest BCUT2D eigenvalue weighted by Gasteiger charge is 2.20. The number of nitrogens with zero attached hydrogens (tertiary/aromatic N) is 1. The smallest absolute Gasteiger partial charge is 0.269 e. The van der Waals surface area contributed by atoms with Gasteiger partial charge in [-0.25, -0.2) is 8.78 Å². The molecule has 0 heterocycles. The van der Waals surface area contributed by atoms with Crippen LogP contribution < -0.4 is 10.1 Å². The van der Waals surface area contributed by atoms with Crippen molar-refractivity contribution in [3.63, 3.8) is 0 Å². The van der Waals surface area contributed by atoms with Crippen molar-refractivity contribution in [3.05, 3.63) is 105 Å². The standard InChI is InChI=1S/C22H20F2N2O3/c1-14(16-8-11-20(23)21(24)13-16)25-22(15-6-9-19(29-2)10-7-15)17-4-3-5-18(12-17)26(27)28/h3-14,22,25H,1-2H3/t14-,22?/m0/s1. The zero-order chi connectivity index (χ0) is 21.0. The average molecular weight is 398 g/mol. The van der Waals surface area contributed by atoms with Crippen LogP contribution in [0.15, 0.2) is 66.7 Å². The first-order valence-corrected chi connectivity index (χ1v) is 8.98. The number of non-ortho nitro benzene ring substituents is 1. The molecule has 2 atom stereocenters. The third-order valence-electron chi connectivity index (χ3n) is 4.72. The van der Waals surface area contributed by atoms with Crippen molar-refractivity contribution >= 4 is 5.69 Å². The highest BCUT2D eigenvalue weighted by atomic mass is 19.2. The van der Waals surface area contributed by atoms with Crippen LogP contribution in [0.5, 0.6) is 5.75 Å². The molecule has 0 saturated heterocycles. The predicted octanol–water partition coefficient (Wildman–Crippen LogP) is 5.32. The molecular formula is C22H20F2N2O3. The van der Waals surface area contributed by atoms with Gasteiger partial charge in [-0.3, -0.25) is 15.4 Å². The number of benzene rings is 3. The molecule has 0 amide bonds. The number of hydrogen-bond donors (Lipinski definition) is 1. The van der Waals surface area contributed by atoms with E-state index in [9.17, 15) is 18.9 Å². The number of nitro benzene ring substituents is 1. The molecule has 150 valence electrons. The van der Waals surface area contributed by atoms with E-state index in [2.05, 4.69) is 5.32 Å². The molecule has 0 aliphatic rings. The van der Waals surface area contributed by atoms with Crippen molar-refractivity contribution in [1.29, 1.82) is 0 Å². The summed E-state index contributed by atoms with van der Waals surface area (Å²) in [6.45, 7) is 1.82. The quantitative estimate of drug-likeness (QED) is 0.432. The number of rotatable bonds is 7. The predicted molar refractivity (Wildman–Crippen MR) is 106 cm³/mol. The fourth-order valence-corrected chi connectivity index (χ4v) is 3.13. The van der Waals surface area contributed by atoms with Crippen LogP contribution in [0, 0.1) is 21.7 Å². The molecule has 3 rings (SSSR count). The topological polar surface area (TPSA) is 64.4 Å². The fraction of sp³-hybridized carbons (Fsp3) is 0.182. The molecule has 3 aromatic carbocycles. The van der Waals surface area contributed by atoms with Gasteiger partial charge in [-0.15, -0.1) is 0 Å². The highest BCUT2D eigenvalue weighted by Crippen LogP contribution is 2.29. The van der Waals surface area contributed by atoms with Crippen LogP contribution in [0.1, 0.15) is 35.7 Å². The Labute approximate surface area is 167 Å². The lowest BCUT2D eigenvalue weighted by molar-refractivity contribution is -0.384. The fourth-order valence-electron chi connectivity index (χ4n) is 3.13. The monoisotopic (exact) mass is 398 g/mol. The van der Waals surface area contributed by atoms with Gasteiger partial charge in [-0.1, -0.05) is 30.3 Å². The summed E-state index contributed by atoms with van der Waals surface area (Å²) in [5.41, 5.74) is 2.07. The van der Waals surface area contributed by atoms with E-state index in [4.69, 9.17) is 4.74 Å². The molecule has 0 aliphatic carbocycles. The van der Waals surface area contributed by atoms with E-state index in [1.54, 1.807) is 31.4 Å². The Morgan fingerprint density at radius 2 is 1.62 bits per heavy atom. The molecule has 0 radical (unpaired) electrons. The van der Waals surface area contributed by atoms with E-state index in [1.807, 2.05) is 19.1 Å². The summed E-state index contributed by atoms with van der Waals surface area (Å²) >= 11 is 0. The van der Waals surface area contributed by atoms with Crippen molar-refractivity contribution in [3.8, 4) is 5.75 Å². The average Bonchev–Trinajstić information content (AvgIpc) is 2.74. The van der Waals surface area contributed by atoms with Crippen LogP contribution in [-0.2, 0) is 0 Å². The summed E-state index contributed by atoms with van der Waals surface area (Å²) in [7, 11) is 1.57. The number of hydrogen-bond acceptors (Lipinski definition) is 4. The molecule has 5 nitrogen and oxygen atoms in total. The summed E-state index contributed by atoms with van der Waals surface area (Å²) in [6, 6.07) is 16.6. The largest absolute Gasteiger partial charge is 0.497 e. The summed E-state index contributed by atoms with van der Waals surface area (Å²) in [4.78, 5) is 10.7. The van der Waals surface area contributed by atoms with Crippen molar-refractivity contribution in [1.82, 2.24) is 5.32 Å². The van der Waals surface area contributed by atoms with Gasteiger partial charge in [-0.05, 0) is 47.9 Å². The Morgan fingerprint density at radius 1 is 0.931 bits per heavy atom. The molecule has 0 aliphatic heterocycles. The van der Waals surface area contributed by atoms with Crippen LogP contribution >= 0.6 is 0 Å². The number of nitro groups is 1. The second-order valence-corrected chi connectivity index (χ2v) is 6.62. The SMILES string of the molecule is COc1ccc(C(N[C@@H](C)c2ccc(F)c(F)c2)c2cccc([N+](=O)[O-])c2)cc1. The molecule has 0 spiro atoms. The minimum atomic E-state index is -0.924. The van der Waals surface area contributed by atoms with E-state index in [0.717, 1.165) is 17.7 Å². The molecule has 7 heteroatoms. The second kappa shape index (κ2) is 8.79. The maximum atomic E-state index is 13.7. The number of halogens is 2. The molecule has 1 unspecified atom stereocenters. The first kappa shape index (κ1) is 20.4.